The Kier molecular flexibility index (Phi) is 6.19. The van der Waals surface area contributed by atoms with Crippen molar-refractivity contribution in [2.75, 3.05) is 18.0 Å². The number of imide groups is 1. The summed E-state index contributed by atoms with van der Waals surface area (Å²) in [6.45, 7) is 1.88. The Hall–Kier alpha value is -2.74. The van der Waals surface area contributed by atoms with Gasteiger partial charge in [-0.15, -0.1) is 0 Å². The highest BCUT2D eigenvalue weighted by molar-refractivity contribution is 8.18. The van der Waals surface area contributed by atoms with E-state index in [1.165, 1.54) is 18.4 Å². The van der Waals surface area contributed by atoms with E-state index in [9.17, 15) is 9.59 Å². The number of aryl methyl sites for hydroxylation is 1. The van der Waals surface area contributed by atoms with E-state index in [2.05, 4.69) is 37.3 Å². The lowest BCUT2D eigenvalue weighted by atomic mass is 9.91. The zero-order valence-corrected chi connectivity index (χ0v) is 16.9. The summed E-state index contributed by atoms with van der Waals surface area (Å²) in [5.74, 6) is 1.06. The van der Waals surface area contributed by atoms with Crippen LogP contribution < -0.4 is 10.2 Å². The predicted octanol–water partition coefficient (Wildman–Crippen LogP) is 3.43. The number of aromatic nitrogens is 3. The molecule has 2 saturated heterocycles. The maximum absolute atomic E-state index is 11.7. The zero-order chi connectivity index (χ0) is 20.1. The number of pyridine rings is 1. The van der Waals surface area contributed by atoms with Gasteiger partial charge in [0.2, 0.25) is 5.95 Å². The van der Waals surface area contributed by atoms with Gasteiger partial charge in [0.15, 0.2) is 0 Å². The molecule has 1 N–H and O–H groups in total. The lowest BCUT2D eigenvalue weighted by molar-refractivity contribution is -0.115. The largest absolute Gasteiger partial charge is 0.341 e. The monoisotopic (exact) mass is 409 g/mol. The summed E-state index contributed by atoms with van der Waals surface area (Å²) < 4.78 is 0. The van der Waals surface area contributed by atoms with E-state index < -0.39 is 0 Å². The van der Waals surface area contributed by atoms with Gasteiger partial charge < -0.3 is 4.90 Å². The van der Waals surface area contributed by atoms with Crippen molar-refractivity contribution in [2.45, 2.75) is 32.1 Å². The highest BCUT2D eigenvalue weighted by atomic mass is 32.2. The summed E-state index contributed by atoms with van der Waals surface area (Å²) in [5, 5.41) is 1.91. The van der Waals surface area contributed by atoms with E-state index in [0.29, 0.717) is 16.5 Å². The lowest BCUT2D eigenvalue weighted by Gasteiger charge is -2.32. The molecule has 2 aromatic heterocycles. The molecule has 4 rings (SSSR count). The van der Waals surface area contributed by atoms with Crippen LogP contribution in [0.5, 0.6) is 0 Å². The van der Waals surface area contributed by atoms with Crippen LogP contribution in [0.3, 0.4) is 0 Å². The Labute approximate surface area is 174 Å². The van der Waals surface area contributed by atoms with Crippen LogP contribution in [0.15, 0.2) is 41.7 Å². The molecule has 4 heterocycles. The number of thioether (sulfide) groups is 1. The Balaban J connectivity index is 1.29. The number of hydrogen-bond acceptors (Lipinski definition) is 7. The van der Waals surface area contributed by atoms with Crippen molar-refractivity contribution in [2.24, 2.45) is 5.92 Å². The third-order valence-corrected chi connectivity index (χ3v) is 6.12. The number of hydrogen-bond donors (Lipinski definition) is 1. The molecule has 8 heteroatoms. The average molecular weight is 410 g/mol. The number of amides is 2. The second-order valence-electron chi connectivity index (χ2n) is 7.31. The predicted molar refractivity (Wildman–Crippen MR) is 113 cm³/mol. The minimum absolute atomic E-state index is 0.346. The van der Waals surface area contributed by atoms with Gasteiger partial charge in [0, 0.05) is 31.7 Å². The van der Waals surface area contributed by atoms with E-state index in [0.717, 1.165) is 50.0 Å². The zero-order valence-electron chi connectivity index (χ0n) is 16.1. The van der Waals surface area contributed by atoms with E-state index in [1.807, 2.05) is 12.4 Å². The number of rotatable bonds is 6. The third kappa shape index (κ3) is 5.20. The molecule has 0 spiro atoms. The molecule has 7 nitrogen and oxygen atoms in total. The first-order valence-corrected chi connectivity index (χ1v) is 10.7. The van der Waals surface area contributed by atoms with Crippen LogP contribution in [-0.2, 0) is 11.2 Å². The lowest BCUT2D eigenvalue weighted by Crippen LogP contribution is -2.35. The first-order valence-electron chi connectivity index (χ1n) is 9.89. The van der Waals surface area contributed by atoms with E-state index in [-0.39, 0.29) is 11.1 Å². The van der Waals surface area contributed by atoms with Crippen LogP contribution in [0, 0.1) is 5.92 Å². The van der Waals surface area contributed by atoms with Crippen LogP contribution in [-0.4, -0.2) is 39.2 Å². The van der Waals surface area contributed by atoms with Crippen LogP contribution in [0.1, 0.15) is 36.9 Å². The van der Waals surface area contributed by atoms with Crippen molar-refractivity contribution in [1.82, 2.24) is 20.3 Å². The molecule has 2 aliphatic rings. The Morgan fingerprint density at radius 3 is 2.66 bits per heavy atom. The fourth-order valence-electron chi connectivity index (χ4n) is 3.72. The van der Waals surface area contributed by atoms with E-state index >= 15 is 0 Å². The Morgan fingerprint density at radius 2 is 1.93 bits per heavy atom. The maximum Gasteiger partial charge on any atom is 0.290 e. The highest BCUT2D eigenvalue weighted by Gasteiger charge is 2.25. The first-order chi connectivity index (χ1) is 14.2. The van der Waals surface area contributed by atoms with Gasteiger partial charge in [-0.25, -0.2) is 9.97 Å². The van der Waals surface area contributed by atoms with Gasteiger partial charge in [0.05, 0.1) is 10.6 Å². The van der Waals surface area contributed by atoms with E-state index in [1.54, 1.807) is 18.3 Å². The molecule has 0 aliphatic carbocycles. The average Bonchev–Trinajstić information content (AvgIpc) is 3.06. The van der Waals surface area contributed by atoms with Gasteiger partial charge in [-0.1, -0.05) is 0 Å². The van der Waals surface area contributed by atoms with Crippen molar-refractivity contribution in [3.63, 3.8) is 0 Å². The molecule has 0 aromatic carbocycles. The number of carbonyl (C=O) groups excluding carboxylic acids is 2. The van der Waals surface area contributed by atoms with Crippen LogP contribution in [0.4, 0.5) is 10.7 Å². The third-order valence-electron chi connectivity index (χ3n) is 5.31. The summed E-state index contributed by atoms with van der Waals surface area (Å²) in [4.78, 5) is 38.6. The number of anilines is 1. The molecule has 2 aromatic rings. The van der Waals surface area contributed by atoms with Crippen molar-refractivity contribution in [1.29, 1.82) is 0 Å². The first kappa shape index (κ1) is 19.6. The topological polar surface area (TPSA) is 88.1 Å². The summed E-state index contributed by atoms with van der Waals surface area (Å²) in [5.41, 5.74) is 1.99. The van der Waals surface area contributed by atoms with Gasteiger partial charge in [0.25, 0.3) is 11.1 Å². The van der Waals surface area contributed by atoms with Gasteiger partial charge >= 0.3 is 0 Å². The quantitative estimate of drug-likeness (QED) is 0.731. The van der Waals surface area contributed by atoms with Crippen molar-refractivity contribution < 1.29 is 9.59 Å². The summed E-state index contributed by atoms with van der Waals surface area (Å²) in [6.07, 6.45) is 12.9. The fraction of sp³-hybridized carbons (Fsp3) is 0.381. The molecule has 0 radical (unpaired) electrons. The number of nitrogens with one attached hydrogen (secondary N) is 1. The summed E-state index contributed by atoms with van der Waals surface area (Å²) in [7, 11) is 0. The molecule has 0 unspecified atom stereocenters. The SMILES string of the molecule is O=C1NC(=O)/C(=C/c2ccnc(N3CCC(CCCc4ccncc4)CC3)n2)S1. The normalized spacial score (nSPS) is 19.0. The van der Waals surface area contributed by atoms with Crippen LogP contribution >= 0.6 is 11.8 Å². The Morgan fingerprint density at radius 1 is 1.14 bits per heavy atom. The van der Waals surface area contributed by atoms with Gasteiger partial charge in [-0.3, -0.25) is 19.9 Å². The molecule has 0 bridgehead atoms. The minimum Gasteiger partial charge on any atom is -0.341 e. The molecular weight excluding hydrogens is 386 g/mol. The van der Waals surface area contributed by atoms with E-state index in [4.69, 9.17) is 0 Å². The fourth-order valence-corrected chi connectivity index (χ4v) is 4.38. The molecule has 2 aliphatic heterocycles. The highest BCUT2D eigenvalue weighted by Crippen LogP contribution is 2.27. The molecule has 0 saturated carbocycles. The van der Waals surface area contributed by atoms with Crippen molar-refractivity contribution in [3.8, 4) is 0 Å². The molecule has 2 fully saturated rings. The van der Waals surface area contributed by atoms with Crippen molar-refractivity contribution in [3.05, 3.63) is 53.0 Å². The molecule has 29 heavy (non-hydrogen) atoms. The van der Waals surface area contributed by atoms with Gasteiger partial charge in [-0.2, -0.15) is 0 Å². The summed E-state index contributed by atoms with van der Waals surface area (Å²) in [6, 6.07) is 5.93. The van der Waals surface area contributed by atoms with Gasteiger partial charge in [0.1, 0.15) is 0 Å². The molecule has 2 amide bonds. The molecular formula is C21H23N5O2S. The van der Waals surface area contributed by atoms with Crippen LogP contribution in [0.25, 0.3) is 6.08 Å². The maximum atomic E-state index is 11.7. The standard InChI is InChI=1S/C21H23N5O2S/c27-19-18(29-21(28)25-19)14-17-6-11-23-20(24-17)26-12-7-16(8-13-26)3-1-2-15-4-9-22-10-5-15/h4-6,9-11,14,16H,1-3,7-8,12-13H2,(H,25,27,28)/b18-14-. The molecule has 150 valence electrons. The number of nitrogens with zero attached hydrogens (tertiary/aromatic N) is 4. The van der Waals surface area contributed by atoms with Gasteiger partial charge in [-0.05, 0) is 79.6 Å². The summed E-state index contributed by atoms with van der Waals surface area (Å²) >= 11 is 0.900. The van der Waals surface area contributed by atoms with Crippen molar-refractivity contribution >= 4 is 34.9 Å². The number of carbonyl (C=O) groups is 2. The minimum atomic E-state index is -0.368. The van der Waals surface area contributed by atoms with Crippen LogP contribution in [0.2, 0.25) is 0 Å². The second kappa shape index (κ2) is 9.17. The number of piperidine rings is 1. The Bertz CT molecular complexity index is 910. The molecule has 0 atom stereocenters. The smallest absolute Gasteiger partial charge is 0.290 e. The second-order valence-corrected chi connectivity index (χ2v) is 8.33.